The second-order valence-electron chi connectivity index (χ2n) is 3.72. The van der Waals surface area contributed by atoms with Gasteiger partial charge in [0.15, 0.2) is 11.6 Å². The van der Waals surface area contributed by atoms with Crippen molar-refractivity contribution in [3.05, 3.63) is 53.8 Å². The topological polar surface area (TPSA) is 20.2 Å². The molecule has 0 aliphatic rings. The van der Waals surface area contributed by atoms with Crippen LogP contribution in [0.3, 0.4) is 0 Å². The van der Waals surface area contributed by atoms with E-state index in [4.69, 9.17) is 0 Å². The summed E-state index contributed by atoms with van der Waals surface area (Å²) in [5.74, 6) is -0.897. The van der Waals surface area contributed by atoms with Crippen LogP contribution in [-0.4, -0.2) is 5.11 Å². The van der Waals surface area contributed by atoms with Gasteiger partial charge in [0.25, 0.3) is 0 Å². The molecule has 0 saturated heterocycles. The highest BCUT2D eigenvalue weighted by Crippen LogP contribution is 2.25. The van der Waals surface area contributed by atoms with Crippen molar-refractivity contribution in [1.29, 1.82) is 0 Å². The first-order valence-corrected chi connectivity index (χ1v) is 5.28. The second kappa shape index (κ2) is 4.35. The Balaban J connectivity index is 2.38. The minimum Gasteiger partial charge on any atom is -0.505 e. The van der Waals surface area contributed by atoms with Gasteiger partial charge in [0.1, 0.15) is 0 Å². The van der Waals surface area contributed by atoms with Gasteiger partial charge >= 0.3 is 0 Å². The van der Waals surface area contributed by atoms with Crippen molar-refractivity contribution in [2.24, 2.45) is 0 Å². The quantitative estimate of drug-likeness (QED) is 0.810. The summed E-state index contributed by atoms with van der Waals surface area (Å²) in [6, 6.07) is 12.4. The lowest BCUT2D eigenvalue weighted by Crippen LogP contribution is -1.83. The van der Waals surface area contributed by atoms with E-state index in [1.165, 1.54) is 17.7 Å². The van der Waals surface area contributed by atoms with Gasteiger partial charge in [0.05, 0.1) is 0 Å². The molecular weight excluding hydrogens is 203 g/mol. The van der Waals surface area contributed by atoms with Crippen LogP contribution in [-0.2, 0) is 6.42 Å². The number of phenols is 1. The van der Waals surface area contributed by atoms with Crippen LogP contribution >= 0.6 is 0 Å². The fraction of sp³-hybridized carbons (Fsp3) is 0.143. The van der Waals surface area contributed by atoms with E-state index >= 15 is 0 Å². The van der Waals surface area contributed by atoms with Crippen molar-refractivity contribution >= 4 is 0 Å². The smallest absolute Gasteiger partial charge is 0.164 e. The van der Waals surface area contributed by atoms with Crippen LogP contribution in [0.5, 0.6) is 5.75 Å². The Morgan fingerprint density at radius 2 is 1.62 bits per heavy atom. The summed E-state index contributed by atoms with van der Waals surface area (Å²) < 4.78 is 12.9. The fourth-order valence-corrected chi connectivity index (χ4v) is 1.63. The average molecular weight is 216 g/mol. The number of halogens is 1. The lowest BCUT2D eigenvalue weighted by atomic mass is 10.0. The van der Waals surface area contributed by atoms with E-state index in [1.54, 1.807) is 6.07 Å². The average Bonchev–Trinajstić information content (AvgIpc) is 2.33. The number of hydrogen-bond donors (Lipinski definition) is 1. The Labute approximate surface area is 94.2 Å². The van der Waals surface area contributed by atoms with E-state index in [0.29, 0.717) is 0 Å². The van der Waals surface area contributed by atoms with Gasteiger partial charge in [0.2, 0.25) is 0 Å². The summed E-state index contributed by atoms with van der Waals surface area (Å²) >= 11 is 0. The predicted octanol–water partition coefficient (Wildman–Crippen LogP) is 3.76. The van der Waals surface area contributed by atoms with Gasteiger partial charge in [0, 0.05) is 0 Å². The SMILES string of the molecule is CCc1ccc(-c2ccc(F)c(O)c2)cc1. The van der Waals surface area contributed by atoms with Crippen LogP contribution in [0.4, 0.5) is 4.39 Å². The summed E-state index contributed by atoms with van der Waals surface area (Å²) in [6.07, 6.45) is 0.995. The highest BCUT2D eigenvalue weighted by Gasteiger charge is 2.03. The number of benzene rings is 2. The standard InChI is InChI=1S/C14H13FO/c1-2-10-3-5-11(6-4-10)12-7-8-13(15)14(16)9-12/h3-9,16H,2H2,1H3. The summed E-state index contributed by atoms with van der Waals surface area (Å²) in [7, 11) is 0. The Morgan fingerprint density at radius 3 is 2.19 bits per heavy atom. The molecule has 2 rings (SSSR count). The fourth-order valence-electron chi connectivity index (χ4n) is 1.63. The Kier molecular flexibility index (Phi) is 2.91. The van der Waals surface area contributed by atoms with Crippen LogP contribution in [0.1, 0.15) is 12.5 Å². The molecule has 0 aliphatic carbocycles. The summed E-state index contributed by atoms with van der Waals surface area (Å²) in [5.41, 5.74) is 3.06. The van der Waals surface area contributed by atoms with Crippen molar-refractivity contribution in [3.63, 3.8) is 0 Å². The first-order chi connectivity index (χ1) is 7.70. The molecule has 1 N–H and O–H groups in total. The van der Waals surface area contributed by atoms with Gasteiger partial charge in [-0.25, -0.2) is 4.39 Å². The normalized spacial score (nSPS) is 10.4. The number of aryl methyl sites for hydroxylation is 1. The molecule has 2 aromatic carbocycles. The van der Waals surface area contributed by atoms with Crippen LogP contribution in [0, 0.1) is 5.82 Å². The molecule has 0 radical (unpaired) electrons. The Hall–Kier alpha value is -1.83. The van der Waals surface area contributed by atoms with Gasteiger partial charge in [-0.1, -0.05) is 37.3 Å². The minimum absolute atomic E-state index is 0.308. The molecule has 0 atom stereocenters. The molecule has 0 unspecified atom stereocenters. The van der Waals surface area contributed by atoms with Gasteiger partial charge in [-0.05, 0) is 35.2 Å². The first kappa shape index (κ1) is 10.7. The van der Waals surface area contributed by atoms with Gasteiger partial charge in [-0.15, -0.1) is 0 Å². The second-order valence-corrected chi connectivity index (χ2v) is 3.72. The van der Waals surface area contributed by atoms with E-state index in [1.807, 2.05) is 24.3 Å². The highest BCUT2D eigenvalue weighted by atomic mass is 19.1. The van der Waals surface area contributed by atoms with E-state index in [-0.39, 0.29) is 5.75 Å². The largest absolute Gasteiger partial charge is 0.505 e. The highest BCUT2D eigenvalue weighted by molar-refractivity contribution is 5.65. The maximum Gasteiger partial charge on any atom is 0.164 e. The number of hydrogen-bond acceptors (Lipinski definition) is 1. The molecule has 0 aromatic heterocycles. The Bertz CT molecular complexity index is 489. The zero-order valence-corrected chi connectivity index (χ0v) is 9.07. The van der Waals surface area contributed by atoms with Crippen LogP contribution in [0.25, 0.3) is 11.1 Å². The lowest BCUT2D eigenvalue weighted by Gasteiger charge is -2.04. The molecule has 0 bridgehead atoms. The molecular formula is C14H13FO. The van der Waals surface area contributed by atoms with Crippen molar-refractivity contribution in [3.8, 4) is 16.9 Å². The van der Waals surface area contributed by atoms with E-state index < -0.39 is 5.82 Å². The monoisotopic (exact) mass is 216 g/mol. The maximum absolute atomic E-state index is 12.9. The van der Waals surface area contributed by atoms with Crippen LogP contribution in [0.15, 0.2) is 42.5 Å². The lowest BCUT2D eigenvalue weighted by molar-refractivity contribution is 0.433. The van der Waals surface area contributed by atoms with E-state index in [0.717, 1.165) is 17.5 Å². The van der Waals surface area contributed by atoms with Crippen molar-refractivity contribution < 1.29 is 9.50 Å². The van der Waals surface area contributed by atoms with E-state index in [2.05, 4.69) is 6.92 Å². The van der Waals surface area contributed by atoms with Gasteiger partial charge in [-0.3, -0.25) is 0 Å². The van der Waals surface area contributed by atoms with Crippen molar-refractivity contribution in [2.45, 2.75) is 13.3 Å². The van der Waals surface area contributed by atoms with Gasteiger partial charge in [-0.2, -0.15) is 0 Å². The molecule has 2 heteroatoms. The zero-order chi connectivity index (χ0) is 11.5. The van der Waals surface area contributed by atoms with Crippen LogP contribution < -0.4 is 0 Å². The molecule has 0 fully saturated rings. The third-order valence-corrected chi connectivity index (χ3v) is 2.64. The summed E-state index contributed by atoms with van der Waals surface area (Å²) in [4.78, 5) is 0. The van der Waals surface area contributed by atoms with Gasteiger partial charge < -0.3 is 5.11 Å². The zero-order valence-electron chi connectivity index (χ0n) is 9.07. The third kappa shape index (κ3) is 2.06. The number of phenolic OH excluding ortho intramolecular Hbond substituents is 1. The number of rotatable bonds is 2. The minimum atomic E-state index is -0.589. The Morgan fingerprint density at radius 1 is 1.00 bits per heavy atom. The van der Waals surface area contributed by atoms with Crippen molar-refractivity contribution in [1.82, 2.24) is 0 Å². The molecule has 0 saturated carbocycles. The molecule has 2 aromatic rings. The number of aromatic hydroxyl groups is 1. The molecule has 0 amide bonds. The summed E-state index contributed by atoms with van der Waals surface area (Å²) in [6.45, 7) is 2.10. The summed E-state index contributed by atoms with van der Waals surface area (Å²) in [5, 5.41) is 9.29. The molecule has 0 aliphatic heterocycles. The molecule has 0 heterocycles. The molecule has 0 spiro atoms. The molecule has 1 nitrogen and oxygen atoms in total. The maximum atomic E-state index is 12.9. The predicted molar refractivity (Wildman–Crippen MR) is 62.9 cm³/mol. The van der Waals surface area contributed by atoms with Crippen LogP contribution in [0.2, 0.25) is 0 Å². The molecule has 82 valence electrons. The van der Waals surface area contributed by atoms with Crippen molar-refractivity contribution in [2.75, 3.05) is 0 Å². The van der Waals surface area contributed by atoms with E-state index in [9.17, 15) is 9.50 Å². The third-order valence-electron chi connectivity index (χ3n) is 2.64. The molecule has 16 heavy (non-hydrogen) atoms. The first-order valence-electron chi connectivity index (χ1n) is 5.28.